The van der Waals surface area contributed by atoms with Crippen molar-refractivity contribution in [3.05, 3.63) is 90.0 Å². The van der Waals surface area contributed by atoms with Crippen LogP contribution in [0.15, 0.2) is 88.7 Å². The van der Waals surface area contributed by atoms with E-state index in [1.807, 2.05) is 18.2 Å². The molecule has 4 rings (SSSR count). The Bertz CT molecular complexity index is 1260. The van der Waals surface area contributed by atoms with Gasteiger partial charge in [-0.1, -0.05) is 54.6 Å². The third kappa shape index (κ3) is 5.87. The second kappa shape index (κ2) is 11.6. The minimum absolute atomic E-state index is 0.0406. The molecule has 1 heterocycles. The molecule has 1 fully saturated rings. The lowest BCUT2D eigenvalue weighted by Gasteiger charge is -2.38. The van der Waals surface area contributed by atoms with Crippen LogP contribution in [-0.2, 0) is 22.9 Å². The van der Waals surface area contributed by atoms with Crippen LogP contribution in [0.5, 0.6) is 5.75 Å². The maximum absolute atomic E-state index is 13.1. The van der Waals surface area contributed by atoms with E-state index in [-0.39, 0.29) is 28.1 Å². The number of benzene rings is 3. The average Bonchev–Trinajstić information content (AvgIpc) is 2.92. The highest BCUT2D eigenvalue weighted by Crippen LogP contribution is 2.29. The van der Waals surface area contributed by atoms with Crippen LogP contribution in [0.25, 0.3) is 0 Å². The zero-order valence-electron chi connectivity index (χ0n) is 20.2. The third-order valence-electron chi connectivity index (χ3n) is 6.55. The Morgan fingerprint density at radius 2 is 1.61 bits per heavy atom. The van der Waals surface area contributed by atoms with Gasteiger partial charge in [0.2, 0.25) is 9.84 Å². The van der Waals surface area contributed by atoms with Crippen molar-refractivity contribution < 1.29 is 23.2 Å². The smallest absolute Gasteiger partial charge is 0.341 e. The molecule has 2 amide bonds. The number of methoxy groups -OCH3 is 1. The summed E-state index contributed by atoms with van der Waals surface area (Å²) in [5.41, 5.74) is 3.79. The van der Waals surface area contributed by atoms with Crippen LogP contribution < -0.4 is 10.2 Å². The predicted molar refractivity (Wildman–Crippen MR) is 135 cm³/mol. The molecular formula is C27H31N3O5S. The van der Waals surface area contributed by atoms with Crippen molar-refractivity contribution in [2.75, 3.05) is 20.2 Å². The lowest BCUT2D eigenvalue weighted by Crippen LogP contribution is -2.49. The number of carbonyl (C=O) groups excluding carboxylic acids is 1. The molecule has 1 aliphatic heterocycles. The van der Waals surface area contributed by atoms with Crippen molar-refractivity contribution in [2.24, 2.45) is 0 Å². The van der Waals surface area contributed by atoms with E-state index in [9.17, 15) is 18.4 Å². The van der Waals surface area contributed by atoms with Gasteiger partial charge in [-0.2, -0.15) is 0 Å². The number of hydrogen-bond acceptors (Lipinski definition) is 6. The Morgan fingerprint density at radius 1 is 0.972 bits per heavy atom. The summed E-state index contributed by atoms with van der Waals surface area (Å²) in [6, 6.07) is 22.6. The van der Waals surface area contributed by atoms with Gasteiger partial charge in [-0.25, -0.2) is 18.7 Å². The quantitative estimate of drug-likeness (QED) is 0.351. The molecule has 8 nitrogen and oxygen atoms in total. The highest BCUT2D eigenvalue weighted by atomic mass is 32.2. The topological polar surface area (TPSA) is 99.2 Å². The SMILES string of the molecule is COc1ccccc1S(=O)(=O)c1ccc(CN(C(=O)NO)C2CCN(Cc3ccccc3)CC2)cc1. The van der Waals surface area contributed by atoms with Crippen molar-refractivity contribution in [1.29, 1.82) is 0 Å². The number of hydroxylamine groups is 1. The van der Waals surface area contributed by atoms with Crippen molar-refractivity contribution in [1.82, 2.24) is 15.3 Å². The standard InChI is InChI=1S/C27H31N3O5S/c1-35-25-9-5-6-10-26(25)36(33,34)24-13-11-22(12-14-24)20-30(27(31)28-32)23-15-17-29(18-16-23)19-21-7-3-2-4-8-21/h2-14,23,32H,15-20H2,1H3,(H,28,31). The highest BCUT2D eigenvalue weighted by Gasteiger charge is 2.28. The monoisotopic (exact) mass is 509 g/mol. The zero-order chi connectivity index (χ0) is 25.5. The number of carbonyl (C=O) groups is 1. The van der Waals surface area contributed by atoms with E-state index in [1.54, 1.807) is 40.7 Å². The number of amides is 2. The number of para-hydroxylation sites is 1. The van der Waals surface area contributed by atoms with Crippen LogP contribution in [0.2, 0.25) is 0 Å². The Balaban J connectivity index is 1.44. The van der Waals surface area contributed by atoms with Gasteiger partial charge >= 0.3 is 6.03 Å². The fourth-order valence-electron chi connectivity index (χ4n) is 4.60. The van der Waals surface area contributed by atoms with Crippen LogP contribution in [0.4, 0.5) is 4.79 Å². The zero-order valence-corrected chi connectivity index (χ0v) is 21.0. The Hall–Kier alpha value is -3.40. The number of hydrogen-bond donors (Lipinski definition) is 2. The van der Waals surface area contributed by atoms with Gasteiger partial charge in [-0.15, -0.1) is 0 Å². The largest absolute Gasteiger partial charge is 0.495 e. The fourth-order valence-corrected chi connectivity index (χ4v) is 6.02. The number of urea groups is 1. The summed E-state index contributed by atoms with van der Waals surface area (Å²) in [7, 11) is -2.33. The van der Waals surface area contributed by atoms with E-state index in [1.165, 1.54) is 30.9 Å². The van der Waals surface area contributed by atoms with E-state index in [2.05, 4.69) is 17.0 Å². The number of nitrogens with zero attached hydrogens (tertiary/aromatic N) is 2. The van der Waals surface area contributed by atoms with Gasteiger partial charge in [0.25, 0.3) is 0 Å². The molecule has 9 heteroatoms. The second-order valence-electron chi connectivity index (χ2n) is 8.84. The summed E-state index contributed by atoms with van der Waals surface area (Å²) < 4.78 is 31.5. The van der Waals surface area contributed by atoms with E-state index in [0.29, 0.717) is 0 Å². The first-order valence-corrected chi connectivity index (χ1v) is 13.3. The van der Waals surface area contributed by atoms with Crippen LogP contribution in [-0.4, -0.2) is 55.7 Å². The molecule has 3 aromatic carbocycles. The van der Waals surface area contributed by atoms with Crippen molar-refractivity contribution in [3.63, 3.8) is 0 Å². The van der Waals surface area contributed by atoms with E-state index < -0.39 is 15.9 Å². The molecule has 0 unspecified atom stereocenters. The average molecular weight is 510 g/mol. The van der Waals surface area contributed by atoms with Crippen LogP contribution in [0.3, 0.4) is 0 Å². The van der Waals surface area contributed by atoms with Gasteiger partial charge in [-0.05, 0) is 48.2 Å². The Labute approximate surface area is 212 Å². The lowest BCUT2D eigenvalue weighted by atomic mass is 10.0. The molecule has 3 aromatic rings. The first kappa shape index (κ1) is 25.7. The molecule has 2 N–H and O–H groups in total. The number of rotatable bonds is 8. The molecule has 0 bridgehead atoms. The molecule has 36 heavy (non-hydrogen) atoms. The molecule has 0 saturated carbocycles. The Kier molecular flexibility index (Phi) is 8.25. The molecular weight excluding hydrogens is 478 g/mol. The van der Waals surface area contributed by atoms with Gasteiger partial charge < -0.3 is 9.64 Å². The molecule has 1 saturated heterocycles. The minimum Gasteiger partial charge on any atom is -0.495 e. The predicted octanol–water partition coefficient (Wildman–Crippen LogP) is 4.09. The summed E-state index contributed by atoms with van der Waals surface area (Å²) in [5, 5.41) is 9.34. The minimum atomic E-state index is -3.76. The van der Waals surface area contributed by atoms with Gasteiger partial charge in [0.05, 0.1) is 12.0 Å². The first-order chi connectivity index (χ1) is 17.4. The van der Waals surface area contributed by atoms with Crippen molar-refractivity contribution in [3.8, 4) is 5.75 Å². The fraction of sp³-hybridized carbons (Fsp3) is 0.296. The van der Waals surface area contributed by atoms with Gasteiger partial charge in [0, 0.05) is 32.2 Å². The van der Waals surface area contributed by atoms with Crippen molar-refractivity contribution >= 4 is 15.9 Å². The van der Waals surface area contributed by atoms with Crippen LogP contribution >= 0.6 is 0 Å². The summed E-state index contributed by atoms with van der Waals surface area (Å²) in [4.78, 5) is 16.7. The third-order valence-corrected chi connectivity index (χ3v) is 8.36. The summed E-state index contributed by atoms with van der Waals surface area (Å²) >= 11 is 0. The summed E-state index contributed by atoms with van der Waals surface area (Å²) in [5.74, 6) is 0.283. The maximum atomic E-state index is 13.1. The number of piperidine rings is 1. The van der Waals surface area contributed by atoms with Crippen molar-refractivity contribution in [2.45, 2.75) is 41.8 Å². The number of nitrogens with one attached hydrogen (secondary N) is 1. The molecule has 0 radical (unpaired) electrons. The Morgan fingerprint density at radius 3 is 2.25 bits per heavy atom. The number of likely N-dealkylation sites (tertiary alicyclic amines) is 1. The van der Waals surface area contributed by atoms with E-state index in [4.69, 9.17) is 4.74 Å². The van der Waals surface area contributed by atoms with E-state index >= 15 is 0 Å². The molecule has 0 atom stereocenters. The van der Waals surface area contributed by atoms with Gasteiger partial charge in [0.15, 0.2) is 0 Å². The van der Waals surface area contributed by atoms with Gasteiger partial charge in [0.1, 0.15) is 10.6 Å². The van der Waals surface area contributed by atoms with E-state index in [0.717, 1.165) is 38.0 Å². The first-order valence-electron chi connectivity index (χ1n) is 11.9. The second-order valence-corrected chi connectivity index (χ2v) is 10.8. The normalized spacial score (nSPS) is 14.8. The summed E-state index contributed by atoms with van der Waals surface area (Å²) in [6.45, 7) is 2.79. The molecule has 0 aromatic heterocycles. The molecule has 0 spiro atoms. The van der Waals surface area contributed by atoms with Gasteiger partial charge in [-0.3, -0.25) is 10.1 Å². The summed E-state index contributed by atoms with van der Waals surface area (Å²) in [6.07, 6.45) is 1.56. The number of sulfone groups is 1. The molecule has 190 valence electrons. The lowest BCUT2D eigenvalue weighted by molar-refractivity contribution is 0.0841. The molecule has 0 aliphatic carbocycles. The number of ether oxygens (including phenoxy) is 1. The van der Waals surface area contributed by atoms with Crippen LogP contribution in [0.1, 0.15) is 24.0 Å². The molecule has 1 aliphatic rings. The van der Waals surface area contributed by atoms with Crippen LogP contribution in [0, 0.1) is 0 Å². The highest BCUT2D eigenvalue weighted by molar-refractivity contribution is 7.91. The maximum Gasteiger partial charge on any atom is 0.341 e.